The van der Waals surface area contributed by atoms with Crippen molar-refractivity contribution in [2.45, 2.75) is 38.8 Å². The summed E-state index contributed by atoms with van der Waals surface area (Å²) in [7, 11) is 0. The standard InChI is InChI=1S/C21H25N3O3/c1-15-9-10-18(17(22)13-15)23-19(25)21(2)11-6-12-24(21)20(26)27-14-16-7-4-3-5-8-16/h3-5,7-10,13H,6,11-12,14,22H2,1-2H3,(H,23,25). The first-order valence-corrected chi connectivity index (χ1v) is 9.06. The van der Waals surface area contributed by atoms with Gasteiger partial charge in [0.25, 0.3) is 0 Å². The molecule has 1 aliphatic heterocycles. The third-order valence-electron chi connectivity index (χ3n) is 5.01. The summed E-state index contributed by atoms with van der Waals surface area (Å²) < 4.78 is 5.43. The second-order valence-corrected chi connectivity index (χ2v) is 7.11. The van der Waals surface area contributed by atoms with Crippen molar-refractivity contribution < 1.29 is 14.3 Å². The Morgan fingerprint density at radius 2 is 1.96 bits per heavy atom. The van der Waals surface area contributed by atoms with Crippen LogP contribution in [0.5, 0.6) is 0 Å². The van der Waals surface area contributed by atoms with Gasteiger partial charge < -0.3 is 15.8 Å². The van der Waals surface area contributed by atoms with Crippen LogP contribution < -0.4 is 11.1 Å². The number of carbonyl (C=O) groups excluding carboxylic acids is 2. The minimum Gasteiger partial charge on any atom is -0.445 e. The molecule has 0 aromatic heterocycles. The summed E-state index contributed by atoms with van der Waals surface area (Å²) in [6.07, 6.45) is 0.838. The Bertz CT molecular complexity index is 838. The van der Waals surface area contributed by atoms with Crippen molar-refractivity contribution in [3.8, 4) is 0 Å². The molecule has 0 spiro atoms. The smallest absolute Gasteiger partial charge is 0.410 e. The number of nitrogen functional groups attached to an aromatic ring is 1. The third kappa shape index (κ3) is 4.05. The fourth-order valence-corrected chi connectivity index (χ4v) is 3.34. The Kier molecular flexibility index (Phi) is 5.35. The molecule has 27 heavy (non-hydrogen) atoms. The summed E-state index contributed by atoms with van der Waals surface area (Å²) in [5.74, 6) is -0.257. The van der Waals surface area contributed by atoms with E-state index in [0.717, 1.165) is 17.5 Å². The molecule has 2 aromatic carbocycles. The Morgan fingerprint density at radius 1 is 1.22 bits per heavy atom. The van der Waals surface area contributed by atoms with E-state index in [1.54, 1.807) is 19.1 Å². The van der Waals surface area contributed by atoms with Crippen molar-refractivity contribution in [3.63, 3.8) is 0 Å². The number of likely N-dealkylation sites (tertiary alicyclic amines) is 1. The first-order valence-electron chi connectivity index (χ1n) is 9.06. The fraction of sp³-hybridized carbons (Fsp3) is 0.333. The molecular formula is C21H25N3O3. The van der Waals surface area contributed by atoms with Gasteiger partial charge in [0.1, 0.15) is 12.1 Å². The Balaban J connectivity index is 1.69. The van der Waals surface area contributed by atoms with Crippen LogP contribution in [0.1, 0.15) is 30.9 Å². The van der Waals surface area contributed by atoms with Crippen LogP contribution >= 0.6 is 0 Å². The summed E-state index contributed by atoms with van der Waals surface area (Å²) in [5, 5.41) is 2.87. The highest BCUT2D eigenvalue weighted by Gasteiger charge is 2.46. The first-order chi connectivity index (χ1) is 12.9. The van der Waals surface area contributed by atoms with Gasteiger partial charge in [-0.1, -0.05) is 36.4 Å². The number of nitrogens with two attached hydrogens (primary N) is 1. The zero-order valence-corrected chi connectivity index (χ0v) is 15.7. The molecule has 1 saturated heterocycles. The van der Waals surface area contributed by atoms with Crippen LogP contribution in [0.25, 0.3) is 0 Å². The summed E-state index contributed by atoms with van der Waals surface area (Å²) in [5.41, 5.74) is 8.01. The van der Waals surface area contributed by atoms with Gasteiger partial charge >= 0.3 is 6.09 Å². The van der Waals surface area contributed by atoms with E-state index in [2.05, 4.69) is 5.32 Å². The lowest BCUT2D eigenvalue weighted by atomic mass is 9.97. The zero-order chi connectivity index (χ0) is 19.4. The fourth-order valence-electron chi connectivity index (χ4n) is 3.34. The molecule has 1 unspecified atom stereocenters. The normalized spacial score (nSPS) is 19.0. The maximum Gasteiger partial charge on any atom is 0.410 e. The topological polar surface area (TPSA) is 84.7 Å². The van der Waals surface area contributed by atoms with E-state index in [9.17, 15) is 9.59 Å². The van der Waals surface area contributed by atoms with Crippen molar-refractivity contribution in [1.82, 2.24) is 4.90 Å². The number of aryl methyl sites for hydroxylation is 1. The molecule has 2 aromatic rings. The molecule has 3 N–H and O–H groups in total. The third-order valence-corrected chi connectivity index (χ3v) is 5.01. The highest BCUT2D eigenvalue weighted by Crippen LogP contribution is 2.32. The molecule has 0 bridgehead atoms. The molecule has 1 aliphatic rings. The average Bonchev–Trinajstić information content (AvgIpc) is 3.06. The van der Waals surface area contributed by atoms with E-state index in [-0.39, 0.29) is 12.5 Å². The summed E-state index contributed by atoms with van der Waals surface area (Å²) >= 11 is 0. The van der Waals surface area contributed by atoms with Crippen LogP contribution in [-0.4, -0.2) is 29.0 Å². The number of ether oxygens (including phenoxy) is 1. The number of benzene rings is 2. The maximum atomic E-state index is 12.9. The first kappa shape index (κ1) is 18.8. The lowest BCUT2D eigenvalue weighted by molar-refractivity contribution is -0.125. The molecule has 1 fully saturated rings. The lowest BCUT2D eigenvalue weighted by Crippen LogP contribution is -2.53. The van der Waals surface area contributed by atoms with Gasteiger partial charge in [0.15, 0.2) is 0 Å². The van der Waals surface area contributed by atoms with Crippen molar-refractivity contribution in [2.75, 3.05) is 17.6 Å². The van der Waals surface area contributed by atoms with E-state index in [1.807, 2.05) is 43.3 Å². The number of anilines is 2. The SMILES string of the molecule is Cc1ccc(NC(=O)C2(C)CCCN2C(=O)OCc2ccccc2)c(N)c1. The van der Waals surface area contributed by atoms with E-state index in [4.69, 9.17) is 10.5 Å². The van der Waals surface area contributed by atoms with Gasteiger partial charge in [0.05, 0.1) is 11.4 Å². The van der Waals surface area contributed by atoms with Gasteiger partial charge in [-0.25, -0.2) is 4.79 Å². The van der Waals surface area contributed by atoms with Crippen LogP contribution in [0.2, 0.25) is 0 Å². The number of amides is 2. The van der Waals surface area contributed by atoms with Crippen LogP contribution in [0, 0.1) is 6.92 Å². The number of carbonyl (C=O) groups is 2. The van der Waals surface area contributed by atoms with Crippen LogP contribution in [0.3, 0.4) is 0 Å². The molecule has 0 aliphatic carbocycles. The predicted molar refractivity (Wildman–Crippen MR) is 105 cm³/mol. The van der Waals surface area contributed by atoms with Crippen LogP contribution in [0.15, 0.2) is 48.5 Å². The molecule has 1 atom stereocenters. The van der Waals surface area contributed by atoms with Gasteiger partial charge in [-0.05, 0) is 49.9 Å². The minimum atomic E-state index is -0.967. The molecule has 2 amide bonds. The van der Waals surface area contributed by atoms with Gasteiger partial charge in [0.2, 0.25) is 5.91 Å². The van der Waals surface area contributed by atoms with Crippen molar-refractivity contribution in [2.24, 2.45) is 0 Å². The molecular weight excluding hydrogens is 342 g/mol. The van der Waals surface area contributed by atoms with Crippen molar-refractivity contribution in [1.29, 1.82) is 0 Å². The van der Waals surface area contributed by atoms with E-state index in [1.165, 1.54) is 4.90 Å². The van der Waals surface area contributed by atoms with Crippen molar-refractivity contribution in [3.05, 3.63) is 59.7 Å². The minimum absolute atomic E-state index is 0.179. The average molecular weight is 367 g/mol. The molecule has 1 heterocycles. The molecule has 0 saturated carbocycles. The second-order valence-electron chi connectivity index (χ2n) is 7.11. The zero-order valence-electron chi connectivity index (χ0n) is 15.7. The molecule has 142 valence electrons. The van der Waals surface area contributed by atoms with Gasteiger partial charge in [-0.3, -0.25) is 9.69 Å². The largest absolute Gasteiger partial charge is 0.445 e. The lowest BCUT2D eigenvalue weighted by Gasteiger charge is -2.33. The Hall–Kier alpha value is -3.02. The number of nitrogens with one attached hydrogen (secondary N) is 1. The summed E-state index contributed by atoms with van der Waals surface area (Å²) in [4.78, 5) is 27.1. The van der Waals surface area contributed by atoms with Gasteiger partial charge in [-0.2, -0.15) is 0 Å². The second kappa shape index (κ2) is 7.70. The Morgan fingerprint density at radius 3 is 2.67 bits per heavy atom. The number of nitrogens with zero attached hydrogens (tertiary/aromatic N) is 1. The van der Waals surface area contributed by atoms with Crippen LogP contribution in [0.4, 0.5) is 16.2 Å². The molecule has 0 radical (unpaired) electrons. The van der Waals surface area contributed by atoms with Crippen LogP contribution in [-0.2, 0) is 16.1 Å². The molecule has 3 rings (SSSR count). The predicted octanol–water partition coefficient (Wildman–Crippen LogP) is 3.71. The number of hydrogen-bond acceptors (Lipinski definition) is 4. The monoisotopic (exact) mass is 367 g/mol. The van der Waals surface area contributed by atoms with Gasteiger partial charge in [0, 0.05) is 6.54 Å². The summed E-state index contributed by atoms with van der Waals surface area (Å²) in [6, 6.07) is 14.9. The van der Waals surface area contributed by atoms with Crippen molar-refractivity contribution >= 4 is 23.4 Å². The quantitative estimate of drug-likeness (QED) is 0.807. The maximum absolute atomic E-state index is 12.9. The van der Waals surface area contributed by atoms with E-state index >= 15 is 0 Å². The number of rotatable bonds is 4. The highest BCUT2D eigenvalue weighted by molar-refractivity contribution is 6.01. The molecule has 6 nitrogen and oxygen atoms in total. The number of hydrogen-bond donors (Lipinski definition) is 2. The van der Waals surface area contributed by atoms with Gasteiger partial charge in [-0.15, -0.1) is 0 Å². The summed E-state index contributed by atoms with van der Waals surface area (Å²) in [6.45, 7) is 4.37. The Labute approximate surface area is 159 Å². The van der Waals surface area contributed by atoms with E-state index < -0.39 is 11.6 Å². The highest BCUT2D eigenvalue weighted by atomic mass is 16.6. The molecule has 6 heteroatoms. The van der Waals surface area contributed by atoms with E-state index in [0.29, 0.717) is 24.3 Å².